The van der Waals surface area contributed by atoms with E-state index in [1.54, 1.807) is 11.8 Å². The van der Waals surface area contributed by atoms with Crippen molar-refractivity contribution < 1.29 is 9.59 Å². The molecule has 0 aromatic carbocycles. The van der Waals surface area contributed by atoms with Gasteiger partial charge in [0.2, 0.25) is 5.91 Å². The van der Waals surface area contributed by atoms with E-state index < -0.39 is 0 Å². The van der Waals surface area contributed by atoms with Gasteiger partial charge < -0.3 is 5.32 Å². The van der Waals surface area contributed by atoms with Crippen LogP contribution in [0.4, 0.5) is 4.79 Å². The minimum absolute atomic E-state index is 0.185. The Labute approximate surface area is 117 Å². The Hall–Kier alpha value is -0.800. The highest BCUT2D eigenvalue weighted by Gasteiger charge is 2.26. The predicted octanol–water partition coefficient (Wildman–Crippen LogP) is 1.29. The lowest BCUT2D eigenvalue weighted by molar-refractivity contribution is -0.124. The van der Waals surface area contributed by atoms with Crippen molar-refractivity contribution in [2.24, 2.45) is 0 Å². The van der Waals surface area contributed by atoms with Crippen LogP contribution < -0.4 is 5.32 Å². The van der Waals surface area contributed by atoms with Crippen molar-refractivity contribution in [1.82, 2.24) is 20.4 Å². The maximum Gasteiger partial charge on any atom is 0.324 e. The number of nitrogens with one attached hydrogen (secondary N) is 1. The topological polar surface area (TPSA) is 75.2 Å². The molecule has 0 aliphatic carbocycles. The molecule has 1 aromatic heterocycles. The quantitative estimate of drug-likeness (QED) is 0.826. The summed E-state index contributed by atoms with van der Waals surface area (Å²) in [5.74, 6) is 0.986. The van der Waals surface area contributed by atoms with Gasteiger partial charge in [-0.15, -0.1) is 10.2 Å². The van der Waals surface area contributed by atoms with Crippen LogP contribution in [0.25, 0.3) is 0 Å². The van der Waals surface area contributed by atoms with Gasteiger partial charge in [0.05, 0.1) is 5.75 Å². The number of thioether (sulfide) groups is 2. The first-order valence-corrected chi connectivity index (χ1v) is 8.16. The summed E-state index contributed by atoms with van der Waals surface area (Å²) >= 11 is 4.43. The maximum atomic E-state index is 11.8. The molecule has 0 unspecified atom stereocenters. The van der Waals surface area contributed by atoms with Gasteiger partial charge >= 0.3 is 6.03 Å². The van der Waals surface area contributed by atoms with E-state index in [4.69, 9.17) is 0 Å². The molecule has 1 aromatic rings. The second kappa shape index (κ2) is 6.39. The van der Waals surface area contributed by atoms with Crippen LogP contribution in [0.1, 0.15) is 6.92 Å². The van der Waals surface area contributed by atoms with Crippen molar-refractivity contribution in [3.05, 3.63) is 0 Å². The zero-order valence-electron chi connectivity index (χ0n) is 9.71. The summed E-state index contributed by atoms with van der Waals surface area (Å²) in [6.45, 7) is 3.03. The molecular formula is C9H12N4O2S3. The van der Waals surface area contributed by atoms with Crippen molar-refractivity contribution in [3.8, 4) is 0 Å². The van der Waals surface area contributed by atoms with Crippen LogP contribution in [-0.4, -0.2) is 51.6 Å². The van der Waals surface area contributed by atoms with Gasteiger partial charge in [0, 0.05) is 13.1 Å². The Bertz CT molecular complexity index is 451. The first-order chi connectivity index (χ1) is 8.70. The molecule has 0 atom stereocenters. The average molecular weight is 304 g/mol. The minimum Gasteiger partial charge on any atom is -0.336 e. The number of amides is 3. The SMILES string of the molecule is CCSc1nnc(SCC(=O)N2CCNC2=O)s1. The zero-order valence-corrected chi connectivity index (χ0v) is 12.2. The summed E-state index contributed by atoms with van der Waals surface area (Å²) in [5, 5.41) is 10.6. The van der Waals surface area contributed by atoms with Crippen LogP contribution in [0, 0.1) is 0 Å². The van der Waals surface area contributed by atoms with Crippen molar-refractivity contribution >= 4 is 46.8 Å². The van der Waals surface area contributed by atoms with Gasteiger partial charge in [-0.2, -0.15) is 0 Å². The van der Waals surface area contributed by atoms with Crippen LogP contribution in [0.2, 0.25) is 0 Å². The summed E-state index contributed by atoms with van der Waals surface area (Å²) in [6.07, 6.45) is 0. The molecule has 0 radical (unpaired) electrons. The van der Waals surface area contributed by atoms with Crippen LogP contribution in [0.3, 0.4) is 0 Å². The largest absolute Gasteiger partial charge is 0.336 e. The third kappa shape index (κ3) is 3.36. The Kier molecular flexibility index (Phi) is 4.84. The smallest absolute Gasteiger partial charge is 0.324 e. The van der Waals surface area contributed by atoms with E-state index >= 15 is 0 Å². The molecule has 1 N–H and O–H groups in total. The van der Waals surface area contributed by atoms with E-state index in [1.807, 2.05) is 6.92 Å². The van der Waals surface area contributed by atoms with E-state index in [-0.39, 0.29) is 17.7 Å². The molecule has 6 nitrogen and oxygen atoms in total. The highest BCUT2D eigenvalue weighted by Crippen LogP contribution is 2.28. The highest BCUT2D eigenvalue weighted by molar-refractivity contribution is 8.03. The molecule has 3 amide bonds. The lowest BCUT2D eigenvalue weighted by Crippen LogP contribution is -2.35. The fourth-order valence-corrected chi connectivity index (χ4v) is 4.14. The summed E-state index contributed by atoms with van der Waals surface area (Å²) in [7, 11) is 0. The fraction of sp³-hybridized carbons (Fsp3) is 0.556. The summed E-state index contributed by atoms with van der Waals surface area (Å²) in [5.41, 5.74) is 0. The van der Waals surface area contributed by atoms with Gasteiger partial charge in [-0.1, -0.05) is 41.8 Å². The van der Waals surface area contributed by atoms with E-state index in [1.165, 1.54) is 28.0 Å². The van der Waals surface area contributed by atoms with E-state index in [0.717, 1.165) is 14.4 Å². The lowest BCUT2D eigenvalue weighted by atomic mass is 10.5. The van der Waals surface area contributed by atoms with Crippen LogP contribution in [0.5, 0.6) is 0 Å². The van der Waals surface area contributed by atoms with E-state index in [2.05, 4.69) is 15.5 Å². The van der Waals surface area contributed by atoms with Gasteiger partial charge in [-0.05, 0) is 5.75 Å². The molecule has 2 rings (SSSR count). The lowest BCUT2D eigenvalue weighted by Gasteiger charge is -2.10. The number of aromatic nitrogens is 2. The number of rotatable bonds is 5. The molecule has 1 aliphatic rings. The van der Waals surface area contributed by atoms with Gasteiger partial charge in [0.25, 0.3) is 0 Å². The van der Waals surface area contributed by atoms with Crippen molar-refractivity contribution in [2.45, 2.75) is 15.6 Å². The molecule has 1 fully saturated rings. The van der Waals surface area contributed by atoms with Crippen LogP contribution in [-0.2, 0) is 4.79 Å². The third-order valence-electron chi connectivity index (χ3n) is 2.13. The standard InChI is InChI=1S/C9H12N4O2S3/c1-2-16-8-11-12-9(18-8)17-5-6(14)13-4-3-10-7(13)15/h2-5H2,1H3,(H,10,15). The third-order valence-corrected chi connectivity index (χ3v) is 5.19. The molecule has 0 spiro atoms. The molecule has 1 aliphatic heterocycles. The first-order valence-electron chi connectivity index (χ1n) is 5.38. The minimum atomic E-state index is -0.305. The van der Waals surface area contributed by atoms with Gasteiger partial charge in [-0.25, -0.2) is 4.79 Å². The zero-order chi connectivity index (χ0) is 13.0. The maximum absolute atomic E-state index is 11.8. The number of hydrogen-bond donors (Lipinski definition) is 1. The van der Waals surface area contributed by atoms with Crippen molar-refractivity contribution in [2.75, 3.05) is 24.6 Å². The Balaban J connectivity index is 1.83. The Morgan fingerprint density at radius 2 is 2.17 bits per heavy atom. The molecule has 18 heavy (non-hydrogen) atoms. The number of carbonyl (C=O) groups excluding carboxylic acids is 2. The average Bonchev–Trinajstić information content (AvgIpc) is 2.96. The monoisotopic (exact) mass is 304 g/mol. The number of hydrogen-bond acceptors (Lipinski definition) is 7. The number of imide groups is 1. The van der Waals surface area contributed by atoms with Crippen molar-refractivity contribution in [1.29, 1.82) is 0 Å². The van der Waals surface area contributed by atoms with Gasteiger partial charge in [0.1, 0.15) is 0 Å². The Morgan fingerprint density at radius 1 is 1.44 bits per heavy atom. The molecule has 2 heterocycles. The number of urea groups is 1. The van der Waals surface area contributed by atoms with Gasteiger partial charge in [0.15, 0.2) is 8.68 Å². The molecule has 1 saturated heterocycles. The molecule has 98 valence electrons. The summed E-state index contributed by atoms with van der Waals surface area (Å²) < 4.78 is 1.67. The first kappa shape index (κ1) is 13.6. The van der Waals surface area contributed by atoms with Gasteiger partial charge in [-0.3, -0.25) is 9.69 Å². The molecular weight excluding hydrogens is 292 g/mol. The predicted molar refractivity (Wildman–Crippen MR) is 72.1 cm³/mol. The second-order valence-corrected chi connectivity index (χ2v) is 7.04. The van der Waals surface area contributed by atoms with Crippen LogP contribution in [0.15, 0.2) is 8.68 Å². The fourth-order valence-electron chi connectivity index (χ4n) is 1.35. The molecule has 9 heteroatoms. The second-order valence-electron chi connectivity index (χ2n) is 3.33. The summed E-state index contributed by atoms with van der Waals surface area (Å²) in [4.78, 5) is 24.3. The number of carbonyl (C=O) groups is 2. The van der Waals surface area contributed by atoms with Crippen LogP contribution >= 0.6 is 34.9 Å². The Morgan fingerprint density at radius 3 is 2.78 bits per heavy atom. The summed E-state index contributed by atoms with van der Waals surface area (Å²) in [6, 6.07) is -0.305. The highest BCUT2D eigenvalue weighted by atomic mass is 32.2. The molecule has 0 bridgehead atoms. The number of nitrogens with zero attached hydrogens (tertiary/aromatic N) is 3. The normalized spacial score (nSPS) is 14.9. The molecule has 0 saturated carbocycles. The van der Waals surface area contributed by atoms with E-state index in [0.29, 0.717) is 13.1 Å². The van der Waals surface area contributed by atoms with Crippen molar-refractivity contribution in [3.63, 3.8) is 0 Å². The van der Waals surface area contributed by atoms with E-state index in [9.17, 15) is 9.59 Å².